The SMILES string of the molecule is Cc1ccc(-n2c(-c3ccccc3)cc(C=NNC(=O)c3ccc([N+](=O)[O-])cc3)c2-c2ccccc2)cc1. The molecule has 7 heteroatoms. The van der Waals surface area contributed by atoms with Crippen LogP contribution in [0.5, 0.6) is 0 Å². The van der Waals surface area contributed by atoms with Gasteiger partial charge in [-0.05, 0) is 48.4 Å². The summed E-state index contributed by atoms with van der Waals surface area (Å²) in [5, 5.41) is 15.1. The molecular weight excluding hydrogens is 476 g/mol. The van der Waals surface area contributed by atoms with Gasteiger partial charge in [0.2, 0.25) is 0 Å². The first kappa shape index (κ1) is 24.4. The summed E-state index contributed by atoms with van der Waals surface area (Å²) in [6.45, 7) is 2.06. The van der Waals surface area contributed by atoms with Crippen molar-refractivity contribution in [3.8, 4) is 28.2 Å². The quantitative estimate of drug-likeness (QED) is 0.152. The summed E-state index contributed by atoms with van der Waals surface area (Å²) >= 11 is 0. The van der Waals surface area contributed by atoms with Crippen LogP contribution in [-0.4, -0.2) is 21.6 Å². The molecule has 38 heavy (non-hydrogen) atoms. The molecule has 186 valence electrons. The van der Waals surface area contributed by atoms with Gasteiger partial charge in [-0.15, -0.1) is 0 Å². The molecule has 0 aliphatic rings. The van der Waals surface area contributed by atoms with Crippen molar-refractivity contribution in [1.82, 2.24) is 9.99 Å². The van der Waals surface area contributed by atoms with Crippen LogP contribution >= 0.6 is 0 Å². The van der Waals surface area contributed by atoms with Crippen molar-refractivity contribution in [2.24, 2.45) is 5.10 Å². The van der Waals surface area contributed by atoms with Crippen molar-refractivity contribution in [3.63, 3.8) is 0 Å². The summed E-state index contributed by atoms with van der Waals surface area (Å²) in [5.74, 6) is -0.460. The van der Waals surface area contributed by atoms with Gasteiger partial charge in [0.1, 0.15) is 0 Å². The molecule has 0 radical (unpaired) electrons. The summed E-state index contributed by atoms with van der Waals surface area (Å²) in [7, 11) is 0. The Morgan fingerprint density at radius 1 is 0.842 bits per heavy atom. The Morgan fingerprint density at radius 3 is 2.05 bits per heavy atom. The van der Waals surface area contributed by atoms with E-state index in [0.717, 1.165) is 33.8 Å². The van der Waals surface area contributed by atoms with E-state index >= 15 is 0 Å². The third-order valence-corrected chi connectivity index (χ3v) is 6.15. The van der Waals surface area contributed by atoms with Gasteiger partial charge in [0, 0.05) is 28.9 Å². The molecule has 1 N–H and O–H groups in total. The molecule has 0 atom stereocenters. The zero-order valence-corrected chi connectivity index (χ0v) is 20.6. The maximum atomic E-state index is 12.6. The minimum absolute atomic E-state index is 0.0801. The summed E-state index contributed by atoms with van der Waals surface area (Å²) in [6.07, 6.45) is 1.63. The fraction of sp³-hybridized carbons (Fsp3) is 0.0323. The van der Waals surface area contributed by atoms with E-state index in [1.54, 1.807) is 6.21 Å². The van der Waals surface area contributed by atoms with E-state index in [-0.39, 0.29) is 11.3 Å². The summed E-state index contributed by atoms with van der Waals surface area (Å²) < 4.78 is 2.20. The first-order valence-corrected chi connectivity index (χ1v) is 12.0. The van der Waals surface area contributed by atoms with E-state index in [2.05, 4.69) is 64.5 Å². The number of nitro groups is 1. The molecule has 0 unspecified atom stereocenters. The number of hydrogen-bond donors (Lipinski definition) is 1. The van der Waals surface area contributed by atoms with Crippen LogP contribution in [0.15, 0.2) is 120 Å². The normalized spacial score (nSPS) is 11.0. The van der Waals surface area contributed by atoms with Gasteiger partial charge in [0.05, 0.1) is 22.5 Å². The number of aromatic nitrogens is 1. The molecular formula is C31H24N4O3. The molecule has 4 aromatic carbocycles. The highest BCUT2D eigenvalue weighted by Crippen LogP contribution is 2.35. The second kappa shape index (κ2) is 10.8. The number of carbonyl (C=O) groups excluding carboxylic acids is 1. The Balaban J connectivity index is 1.58. The van der Waals surface area contributed by atoms with Gasteiger partial charge in [-0.2, -0.15) is 5.10 Å². The van der Waals surface area contributed by atoms with Crippen LogP contribution < -0.4 is 5.43 Å². The van der Waals surface area contributed by atoms with Gasteiger partial charge in [0.15, 0.2) is 0 Å². The van der Waals surface area contributed by atoms with E-state index in [1.165, 1.54) is 29.8 Å². The van der Waals surface area contributed by atoms with E-state index in [0.29, 0.717) is 0 Å². The maximum Gasteiger partial charge on any atom is 0.271 e. The third-order valence-electron chi connectivity index (χ3n) is 6.15. The average Bonchev–Trinajstić information content (AvgIpc) is 3.33. The molecule has 0 aliphatic heterocycles. The lowest BCUT2D eigenvalue weighted by Gasteiger charge is -2.15. The van der Waals surface area contributed by atoms with Gasteiger partial charge in [-0.3, -0.25) is 14.9 Å². The van der Waals surface area contributed by atoms with Crippen molar-refractivity contribution in [2.45, 2.75) is 6.92 Å². The lowest BCUT2D eigenvalue weighted by atomic mass is 10.1. The van der Waals surface area contributed by atoms with Crippen molar-refractivity contribution in [3.05, 3.63) is 142 Å². The summed E-state index contributed by atoms with van der Waals surface area (Å²) in [5.41, 5.74) is 9.68. The van der Waals surface area contributed by atoms with Crippen LogP contribution in [0, 0.1) is 17.0 Å². The molecule has 1 amide bonds. The number of nitro benzene ring substituents is 1. The second-order valence-electron chi connectivity index (χ2n) is 8.74. The molecule has 5 rings (SSSR count). The fourth-order valence-corrected chi connectivity index (χ4v) is 4.26. The van der Waals surface area contributed by atoms with E-state index in [9.17, 15) is 14.9 Å². The number of nitrogens with one attached hydrogen (secondary N) is 1. The molecule has 0 saturated heterocycles. The maximum absolute atomic E-state index is 12.6. The number of nitrogens with zero attached hydrogens (tertiary/aromatic N) is 3. The van der Waals surface area contributed by atoms with Gasteiger partial charge >= 0.3 is 0 Å². The van der Waals surface area contributed by atoms with E-state index in [4.69, 9.17) is 0 Å². The van der Waals surface area contributed by atoms with Crippen LogP contribution in [0.4, 0.5) is 5.69 Å². The minimum atomic E-state index is -0.506. The Bertz CT molecular complexity index is 1610. The zero-order valence-electron chi connectivity index (χ0n) is 20.6. The molecule has 0 spiro atoms. The monoisotopic (exact) mass is 500 g/mol. The van der Waals surface area contributed by atoms with Crippen molar-refractivity contribution in [1.29, 1.82) is 0 Å². The van der Waals surface area contributed by atoms with Gasteiger partial charge in [0.25, 0.3) is 11.6 Å². The number of non-ortho nitro benzene ring substituents is 1. The van der Waals surface area contributed by atoms with Crippen LogP contribution in [0.1, 0.15) is 21.5 Å². The topological polar surface area (TPSA) is 89.5 Å². The highest BCUT2D eigenvalue weighted by atomic mass is 16.6. The Kier molecular flexibility index (Phi) is 6.91. The van der Waals surface area contributed by atoms with E-state index < -0.39 is 10.8 Å². The van der Waals surface area contributed by atoms with Gasteiger partial charge in [-0.1, -0.05) is 78.4 Å². The van der Waals surface area contributed by atoms with Crippen LogP contribution in [0.25, 0.3) is 28.2 Å². The number of hydrazone groups is 1. The Hall–Kier alpha value is -5.30. The minimum Gasteiger partial charge on any atom is -0.309 e. The van der Waals surface area contributed by atoms with E-state index in [1.807, 2.05) is 48.5 Å². The van der Waals surface area contributed by atoms with Crippen molar-refractivity contribution < 1.29 is 9.72 Å². The smallest absolute Gasteiger partial charge is 0.271 e. The fourth-order valence-electron chi connectivity index (χ4n) is 4.26. The molecule has 0 bridgehead atoms. The highest BCUT2D eigenvalue weighted by Gasteiger charge is 2.19. The number of hydrogen-bond acceptors (Lipinski definition) is 4. The molecule has 7 nitrogen and oxygen atoms in total. The standard InChI is InChI=1S/C31H24N4O3/c1-22-12-16-27(17-13-22)34-29(23-8-4-2-5-9-23)20-26(30(34)24-10-6-3-7-11-24)21-32-33-31(36)25-14-18-28(19-15-25)35(37)38/h2-21H,1H3,(H,33,36). The number of aryl methyl sites for hydroxylation is 1. The second-order valence-corrected chi connectivity index (χ2v) is 8.74. The Labute approximate surface area is 219 Å². The lowest BCUT2D eigenvalue weighted by Crippen LogP contribution is -2.17. The van der Waals surface area contributed by atoms with Crippen molar-refractivity contribution in [2.75, 3.05) is 0 Å². The van der Waals surface area contributed by atoms with Gasteiger partial charge < -0.3 is 4.57 Å². The molecule has 1 heterocycles. The molecule has 0 saturated carbocycles. The first-order valence-electron chi connectivity index (χ1n) is 12.0. The molecule has 0 fully saturated rings. The lowest BCUT2D eigenvalue weighted by molar-refractivity contribution is -0.384. The zero-order chi connectivity index (χ0) is 26.5. The van der Waals surface area contributed by atoms with Crippen LogP contribution in [-0.2, 0) is 0 Å². The summed E-state index contributed by atoms with van der Waals surface area (Å²) in [4.78, 5) is 23.0. The number of amides is 1. The molecule has 1 aromatic heterocycles. The third kappa shape index (κ3) is 5.12. The van der Waals surface area contributed by atoms with Crippen LogP contribution in [0.3, 0.4) is 0 Å². The first-order chi connectivity index (χ1) is 18.5. The molecule has 0 aliphatic carbocycles. The largest absolute Gasteiger partial charge is 0.309 e. The Morgan fingerprint density at radius 2 is 1.45 bits per heavy atom. The predicted octanol–water partition coefficient (Wildman–Crippen LogP) is 6.79. The van der Waals surface area contributed by atoms with Crippen molar-refractivity contribution >= 4 is 17.8 Å². The predicted molar refractivity (Wildman–Crippen MR) is 150 cm³/mol. The number of rotatable bonds is 7. The van der Waals surface area contributed by atoms with Gasteiger partial charge in [-0.25, -0.2) is 5.43 Å². The summed E-state index contributed by atoms with van der Waals surface area (Å²) in [6, 6.07) is 35.9. The van der Waals surface area contributed by atoms with Crippen LogP contribution in [0.2, 0.25) is 0 Å². The highest BCUT2D eigenvalue weighted by molar-refractivity contribution is 5.97. The average molecular weight is 501 g/mol. The number of benzene rings is 4. The molecule has 5 aromatic rings. The number of carbonyl (C=O) groups is 1.